The molecule has 19 heavy (non-hydrogen) atoms. The molecule has 4 heteroatoms. The number of nitrogens with one attached hydrogen (secondary N) is 1. The summed E-state index contributed by atoms with van der Waals surface area (Å²) in [6, 6.07) is 17.8. The lowest BCUT2D eigenvalue weighted by atomic mass is 10.2. The highest BCUT2D eigenvalue weighted by Gasteiger charge is 2.14. The van der Waals surface area contributed by atoms with E-state index in [0.29, 0.717) is 0 Å². The SMILES string of the molecule is OCc1cccc(N2C=CN(c3ccccc3)N2)c1. The van der Waals surface area contributed by atoms with Crippen molar-refractivity contribution in [3.8, 4) is 0 Å². The first-order valence-corrected chi connectivity index (χ1v) is 6.15. The predicted molar refractivity (Wildman–Crippen MR) is 76.0 cm³/mol. The van der Waals surface area contributed by atoms with Crippen LogP contribution in [0.3, 0.4) is 0 Å². The zero-order valence-corrected chi connectivity index (χ0v) is 10.4. The molecule has 0 saturated heterocycles. The van der Waals surface area contributed by atoms with Crippen molar-refractivity contribution >= 4 is 11.4 Å². The molecule has 3 rings (SSSR count). The Morgan fingerprint density at radius 1 is 0.842 bits per heavy atom. The van der Waals surface area contributed by atoms with Crippen LogP contribution in [0.25, 0.3) is 0 Å². The second-order valence-electron chi connectivity index (χ2n) is 4.30. The van der Waals surface area contributed by atoms with E-state index >= 15 is 0 Å². The largest absolute Gasteiger partial charge is 0.392 e. The van der Waals surface area contributed by atoms with Gasteiger partial charge in [-0.1, -0.05) is 30.3 Å². The lowest BCUT2D eigenvalue weighted by Crippen LogP contribution is -2.39. The molecule has 2 N–H and O–H groups in total. The van der Waals surface area contributed by atoms with Crippen molar-refractivity contribution in [2.75, 3.05) is 10.0 Å². The summed E-state index contributed by atoms with van der Waals surface area (Å²) in [6.45, 7) is 0.0494. The molecular formula is C15H15N3O. The van der Waals surface area contributed by atoms with Crippen LogP contribution in [0.1, 0.15) is 5.56 Å². The van der Waals surface area contributed by atoms with Gasteiger partial charge in [0.2, 0.25) is 0 Å². The van der Waals surface area contributed by atoms with Gasteiger partial charge in [-0.3, -0.25) is 10.0 Å². The van der Waals surface area contributed by atoms with Gasteiger partial charge in [-0.25, -0.2) is 0 Å². The number of para-hydroxylation sites is 1. The summed E-state index contributed by atoms with van der Waals surface area (Å²) < 4.78 is 0. The van der Waals surface area contributed by atoms with E-state index in [0.717, 1.165) is 16.9 Å². The van der Waals surface area contributed by atoms with E-state index in [1.54, 1.807) is 0 Å². The zero-order chi connectivity index (χ0) is 13.1. The molecule has 96 valence electrons. The van der Waals surface area contributed by atoms with Gasteiger partial charge in [0, 0.05) is 12.4 Å². The van der Waals surface area contributed by atoms with Crippen LogP contribution in [-0.4, -0.2) is 5.11 Å². The molecule has 2 aromatic rings. The van der Waals surface area contributed by atoms with E-state index in [4.69, 9.17) is 5.11 Å². The number of hydrogen-bond acceptors (Lipinski definition) is 4. The Bertz CT molecular complexity index is 583. The summed E-state index contributed by atoms with van der Waals surface area (Å²) in [5.41, 5.74) is 6.20. The number of aliphatic hydroxyl groups excluding tert-OH is 1. The predicted octanol–water partition coefficient (Wildman–Crippen LogP) is 2.40. The first-order valence-electron chi connectivity index (χ1n) is 6.15. The highest BCUT2D eigenvalue weighted by atomic mass is 16.3. The Kier molecular flexibility index (Phi) is 3.18. The maximum atomic E-state index is 9.17. The molecule has 0 atom stereocenters. The van der Waals surface area contributed by atoms with Gasteiger partial charge in [0.25, 0.3) is 0 Å². The van der Waals surface area contributed by atoms with Crippen molar-refractivity contribution in [2.24, 2.45) is 0 Å². The Balaban J connectivity index is 1.78. The highest BCUT2D eigenvalue weighted by Crippen LogP contribution is 2.21. The topological polar surface area (TPSA) is 38.7 Å². The highest BCUT2D eigenvalue weighted by molar-refractivity contribution is 5.56. The monoisotopic (exact) mass is 253 g/mol. The van der Waals surface area contributed by atoms with Crippen LogP contribution in [0.5, 0.6) is 0 Å². The number of nitrogens with zero attached hydrogens (tertiary/aromatic N) is 2. The van der Waals surface area contributed by atoms with Crippen LogP contribution in [0.2, 0.25) is 0 Å². The fourth-order valence-corrected chi connectivity index (χ4v) is 2.00. The van der Waals surface area contributed by atoms with Gasteiger partial charge in [-0.15, -0.1) is 5.53 Å². The molecule has 1 aliphatic heterocycles. The summed E-state index contributed by atoms with van der Waals surface area (Å²) in [7, 11) is 0. The van der Waals surface area contributed by atoms with E-state index in [-0.39, 0.29) is 6.61 Å². The molecular weight excluding hydrogens is 238 g/mol. The molecule has 2 aromatic carbocycles. The fraction of sp³-hybridized carbons (Fsp3) is 0.0667. The van der Waals surface area contributed by atoms with E-state index in [1.807, 2.05) is 77.0 Å². The summed E-state index contributed by atoms with van der Waals surface area (Å²) in [6.07, 6.45) is 3.91. The van der Waals surface area contributed by atoms with Gasteiger partial charge in [-0.05, 0) is 29.8 Å². The third-order valence-electron chi connectivity index (χ3n) is 2.99. The number of rotatable bonds is 3. The standard InChI is InChI=1S/C15H15N3O/c19-12-13-5-4-8-15(11-13)18-10-9-17(16-18)14-6-2-1-3-7-14/h1-11,16,19H,12H2. The van der Waals surface area contributed by atoms with Crippen LogP contribution >= 0.6 is 0 Å². The van der Waals surface area contributed by atoms with Crippen molar-refractivity contribution in [3.63, 3.8) is 0 Å². The van der Waals surface area contributed by atoms with Gasteiger partial charge in [0.1, 0.15) is 0 Å². The summed E-state index contributed by atoms with van der Waals surface area (Å²) in [5, 5.41) is 13.0. The van der Waals surface area contributed by atoms with Gasteiger partial charge in [-0.2, -0.15) is 0 Å². The second-order valence-corrected chi connectivity index (χ2v) is 4.30. The quantitative estimate of drug-likeness (QED) is 0.881. The van der Waals surface area contributed by atoms with Crippen LogP contribution in [0, 0.1) is 0 Å². The maximum absolute atomic E-state index is 9.17. The van der Waals surface area contributed by atoms with Crippen LogP contribution in [-0.2, 0) is 6.61 Å². The molecule has 4 nitrogen and oxygen atoms in total. The van der Waals surface area contributed by atoms with E-state index in [2.05, 4.69) is 5.53 Å². The molecule has 0 radical (unpaired) electrons. The van der Waals surface area contributed by atoms with Crippen LogP contribution in [0.4, 0.5) is 11.4 Å². The van der Waals surface area contributed by atoms with Crippen molar-refractivity contribution in [1.82, 2.24) is 5.53 Å². The Morgan fingerprint density at radius 2 is 1.53 bits per heavy atom. The second kappa shape index (κ2) is 5.14. The number of benzene rings is 2. The third-order valence-corrected chi connectivity index (χ3v) is 2.99. The first kappa shape index (κ1) is 11.8. The molecule has 0 aliphatic carbocycles. The molecule has 0 unspecified atom stereocenters. The third kappa shape index (κ3) is 2.45. The molecule has 0 aromatic heterocycles. The smallest absolute Gasteiger partial charge is 0.0682 e. The van der Waals surface area contributed by atoms with Gasteiger partial charge >= 0.3 is 0 Å². The summed E-state index contributed by atoms with van der Waals surface area (Å²) in [4.78, 5) is 0. The Labute approximate surface area is 112 Å². The summed E-state index contributed by atoms with van der Waals surface area (Å²) >= 11 is 0. The van der Waals surface area contributed by atoms with Gasteiger partial charge in [0.05, 0.1) is 18.0 Å². The fourth-order valence-electron chi connectivity index (χ4n) is 2.00. The number of hydrazine groups is 2. The molecule has 0 saturated carbocycles. The van der Waals surface area contributed by atoms with Gasteiger partial charge in [0.15, 0.2) is 0 Å². The van der Waals surface area contributed by atoms with Crippen molar-refractivity contribution in [2.45, 2.75) is 6.61 Å². The minimum Gasteiger partial charge on any atom is -0.392 e. The van der Waals surface area contributed by atoms with Crippen molar-refractivity contribution < 1.29 is 5.11 Å². The minimum atomic E-state index is 0.0494. The van der Waals surface area contributed by atoms with Crippen LogP contribution < -0.4 is 15.6 Å². The normalized spacial score (nSPS) is 14.2. The minimum absolute atomic E-state index is 0.0494. The van der Waals surface area contributed by atoms with E-state index in [1.165, 1.54) is 0 Å². The average molecular weight is 253 g/mol. The molecule has 0 bridgehead atoms. The number of aliphatic hydroxyl groups is 1. The molecule has 0 spiro atoms. The van der Waals surface area contributed by atoms with E-state index < -0.39 is 0 Å². The number of hydrogen-bond donors (Lipinski definition) is 2. The summed E-state index contributed by atoms with van der Waals surface area (Å²) in [5.74, 6) is 0. The molecule has 1 aliphatic rings. The molecule has 0 amide bonds. The van der Waals surface area contributed by atoms with E-state index in [9.17, 15) is 0 Å². The van der Waals surface area contributed by atoms with Crippen molar-refractivity contribution in [1.29, 1.82) is 0 Å². The molecule has 1 heterocycles. The lowest BCUT2D eigenvalue weighted by Gasteiger charge is -2.22. The first-order chi connectivity index (χ1) is 9.36. The number of anilines is 2. The lowest BCUT2D eigenvalue weighted by molar-refractivity contribution is 0.282. The Morgan fingerprint density at radius 3 is 2.26 bits per heavy atom. The maximum Gasteiger partial charge on any atom is 0.0682 e. The zero-order valence-electron chi connectivity index (χ0n) is 10.4. The van der Waals surface area contributed by atoms with Gasteiger partial charge < -0.3 is 5.11 Å². The Hall–Kier alpha value is -2.30. The molecule has 0 fully saturated rings. The van der Waals surface area contributed by atoms with Crippen molar-refractivity contribution in [3.05, 3.63) is 72.6 Å². The van der Waals surface area contributed by atoms with Crippen LogP contribution in [0.15, 0.2) is 67.0 Å². The average Bonchev–Trinajstić information content (AvgIpc) is 2.98.